The van der Waals surface area contributed by atoms with E-state index in [1.807, 2.05) is 29.9 Å². The maximum absolute atomic E-state index is 11.6. The Morgan fingerprint density at radius 1 is 1.35 bits per heavy atom. The van der Waals surface area contributed by atoms with Gasteiger partial charge in [0.25, 0.3) is 0 Å². The van der Waals surface area contributed by atoms with Gasteiger partial charge in [-0.05, 0) is 24.6 Å². The molecule has 2 heterocycles. The van der Waals surface area contributed by atoms with E-state index in [1.165, 1.54) is 0 Å². The standard InChI is InChI=1S/C15H20N4O/c1-3-4-5-15(20)17-11-13-10-14(19(2)18-13)12-6-8-16-9-7-12/h6-10H,3-5,11H2,1-2H3,(H,17,20). The van der Waals surface area contributed by atoms with Crippen molar-refractivity contribution < 1.29 is 4.79 Å². The Morgan fingerprint density at radius 2 is 2.10 bits per heavy atom. The summed E-state index contributed by atoms with van der Waals surface area (Å²) in [5, 5.41) is 7.32. The smallest absolute Gasteiger partial charge is 0.220 e. The van der Waals surface area contributed by atoms with Gasteiger partial charge in [-0.25, -0.2) is 0 Å². The van der Waals surface area contributed by atoms with Crippen molar-refractivity contribution in [1.82, 2.24) is 20.1 Å². The van der Waals surface area contributed by atoms with E-state index < -0.39 is 0 Å². The van der Waals surface area contributed by atoms with Crippen LogP contribution in [-0.2, 0) is 18.4 Å². The van der Waals surface area contributed by atoms with Crippen molar-refractivity contribution >= 4 is 5.91 Å². The van der Waals surface area contributed by atoms with E-state index in [1.54, 1.807) is 12.4 Å². The zero-order valence-electron chi connectivity index (χ0n) is 12.0. The van der Waals surface area contributed by atoms with Crippen molar-refractivity contribution in [2.45, 2.75) is 32.7 Å². The molecule has 5 nitrogen and oxygen atoms in total. The molecule has 0 saturated carbocycles. The van der Waals surface area contributed by atoms with Crippen LogP contribution in [0.4, 0.5) is 0 Å². The molecule has 0 aliphatic heterocycles. The molecule has 5 heteroatoms. The van der Waals surface area contributed by atoms with Crippen LogP contribution in [0.25, 0.3) is 11.3 Å². The third kappa shape index (κ3) is 3.66. The summed E-state index contributed by atoms with van der Waals surface area (Å²) in [5.74, 6) is 0.0861. The number of amides is 1. The summed E-state index contributed by atoms with van der Waals surface area (Å²) in [5.41, 5.74) is 2.95. The molecule has 0 fully saturated rings. The molecule has 2 aromatic rings. The van der Waals surface area contributed by atoms with Gasteiger partial charge < -0.3 is 5.32 Å². The topological polar surface area (TPSA) is 59.8 Å². The predicted molar refractivity (Wildman–Crippen MR) is 77.8 cm³/mol. The molecule has 1 amide bonds. The summed E-state index contributed by atoms with van der Waals surface area (Å²) >= 11 is 0. The molecule has 106 valence electrons. The van der Waals surface area contributed by atoms with E-state index in [0.29, 0.717) is 13.0 Å². The molecule has 0 aromatic carbocycles. The molecular weight excluding hydrogens is 252 g/mol. The molecule has 20 heavy (non-hydrogen) atoms. The number of carbonyl (C=O) groups is 1. The van der Waals surface area contributed by atoms with Crippen LogP contribution in [0.3, 0.4) is 0 Å². The molecule has 0 aliphatic rings. The van der Waals surface area contributed by atoms with Crippen LogP contribution in [0.2, 0.25) is 0 Å². The van der Waals surface area contributed by atoms with E-state index >= 15 is 0 Å². The molecular formula is C15H20N4O. The van der Waals surface area contributed by atoms with Crippen molar-refractivity contribution in [3.05, 3.63) is 36.3 Å². The van der Waals surface area contributed by atoms with Gasteiger partial charge in [0.15, 0.2) is 0 Å². The first-order chi connectivity index (χ1) is 9.70. The molecule has 0 unspecified atom stereocenters. The normalized spacial score (nSPS) is 10.5. The number of nitrogens with zero attached hydrogens (tertiary/aromatic N) is 3. The highest BCUT2D eigenvalue weighted by atomic mass is 16.1. The van der Waals surface area contributed by atoms with Crippen molar-refractivity contribution in [2.75, 3.05) is 0 Å². The summed E-state index contributed by atoms with van der Waals surface area (Å²) < 4.78 is 1.82. The van der Waals surface area contributed by atoms with Crippen LogP contribution >= 0.6 is 0 Å². The summed E-state index contributed by atoms with van der Waals surface area (Å²) in [6, 6.07) is 5.89. The highest BCUT2D eigenvalue weighted by Gasteiger charge is 2.08. The lowest BCUT2D eigenvalue weighted by Gasteiger charge is -2.01. The lowest BCUT2D eigenvalue weighted by Crippen LogP contribution is -2.22. The van der Waals surface area contributed by atoms with E-state index in [9.17, 15) is 4.79 Å². The largest absolute Gasteiger partial charge is 0.350 e. The Hall–Kier alpha value is -2.17. The fourth-order valence-corrected chi connectivity index (χ4v) is 2.02. The minimum absolute atomic E-state index is 0.0861. The number of aryl methyl sites for hydroxylation is 1. The first-order valence-electron chi connectivity index (χ1n) is 6.90. The number of hydrogen-bond acceptors (Lipinski definition) is 3. The van der Waals surface area contributed by atoms with Gasteiger partial charge in [0, 0.05) is 31.4 Å². The van der Waals surface area contributed by atoms with Crippen LogP contribution in [0.1, 0.15) is 31.9 Å². The predicted octanol–water partition coefficient (Wildman–Crippen LogP) is 2.29. The van der Waals surface area contributed by atoms with Gasteiger partial charge >= 0.3 is 0 Å². The van der Waals surface area contributed by atoms with Crippen LogP contribution in [-0.4, -0.2) is 20.7 Å². The Kier molecular flexibility index (Phi) is 4.87. The lowest BCUT2D eigenvalue weighted by molar-refractivity contribution is -0.121. The number of pyridine rings is 1. The van der Waals surface area contributed by atoms with E-state index in [4.69, 9.17) is 0 Å². The summed E-state index contributed by atoms with van der Waals surface area (Å²) in [4.78, 5) is 15.6. The van der Waals surface area contributed by atoms with Crippen LogP contribution in [0, 0.1) is 0 Å². The van der Waals surface area contributed by atoms with E-state index in [2.05, 4.69) is 22.3 Å². The average molecular weight is 272 g/mol. The van der Waals surface area contributed by atoms with Gasteiger partial charge in [0.05, 0.1) is 17.9 Å². The maximum atomic E-state index is 11.6. The Balaban J connectivity index is 1.99. The highest BCUT2D eigenvalue weighted by Crippen LogP contribution is 2.18. The SMILES string of the molecule is CCCCC(=O)NCc1cc(-c2ccncc2)n(C)n1. The quantitative estimate of drug-likeness (QED) is 0.877. The molecule has 0 saturated heterocycles. The Bertz CT molecular complexity index is 563. The first kappa shape index (κ1) is 14.2. The number of rotatable bonds is 6. The van der Waals surface area contributed by atoms with Gasteiger partial charge in [0.1, 0.15) is 0 Å². The van der Waals surface area contributed by atoms with Crippen LogP contribution < -0.4 is 5.32 Å². The molecule has 2 aromatic heterocycles. The van der Waals surface area contributed by atoms with Crippen molar-refractivity contribution in [3.8, 4) is 11.3 Å². The third-order valence-electron chi connectivity index (χ3n) is 3.13. The van der Waals surface area contributed by atoms with Gasteiger partial charge in [-0.1, -0.05) is 13.3 Å². The molecule has 2 rings (SSSR count). The number of aromatic nitrogens is 3. The van der Waals surface area contributed by atoms with Crippen molar-refractivity contribution in [2.24, 2.45) is 7.05 Å². The third-order valence-corrected chi connectivity index (χ3v) is 3.13. The Morgan fingerprint density at radius 3 is 2.80 bits per heavy atom. The van der Waals surface area contributed by atoms with E-state index in [0.717, 1.165) is 29.8 Å². The second-order valence-corrected chi connectivity index (χ2v) is 4.76. The molecule has 0 radical (unpaired) electrons. The second-order valence-electron chi connectivity index (χ2n) is 4.76. The summed E-state index contributed by atoms with van der Waals surface area (Å²) in [7, 11) is 1.90. The lowest BCUT2D eigenvalue weighted by atomic mass is 10.2. The number of unbranched alkanes of at least 4 members (excludes halogenated alkanes) is 1. The molecule has 0 atom stereocenters. The monoisotopic (exact) mass is 272 g/mol. The zero-order valence-corrected chi connectivity index (χ0v) is 12.0. The summed E-state index contributed by atoms with van der Waals surface area (Å²) in [6.45, 7) is 2.55. The highest BCUT2D eigenvalue weighted by molar-refractivity contribution is 5.75. The minimum Gasteiger partial charge on any atom is -0.350 e. The molecule has 0 spiro atoms. The second kappa shape index (κ2) is 6.84. The van der Waals surface area contributed by atoms with E-state index in [-0.39, 0.29) is 5.91 Å². The minimum atomic E-state index is 0.0861. The van der Waals surface area contributed by atoms with Crippen LogP contribution in [0.15, 0.2) is 30.6 Å². The van der Waals surface area contributed by atoms with Gasteiger partial charge in [-0.3, -0.25) is 14.5 Å². The summed E-state index contributed by atoms with van der Waals surface area (Å²) in [6.07, 6.45) is 6.06. The van der Waals surface area contributed by atoms with Gasteiger partial charge in [0.2, 0.25) is 5.91 Å². The van der Waals surface area contributed by atoms with Gasteiger partial charge in [-0.2, -0.15) is 5.10 Å². The fraction of sp³-hybridized carbons (Fsp3) is 0.400. The molecule has 1 N–H and O–H groups in total. The maximum Gasteiger partial charge on any atom is 0.220 e. The fourth-order valence-electron chi connectivity index (χ4n) is 2.02. The van der Waals surface area contributed by atoms with Crippen molar-refractivity contribution in [3.63, 3.8) is 0 Å². The van der Waals surface area contributed by atoms with Crippen LogP contribution in [0.5, 0.6) is 0 Å². The first-order valence-corrected chi connectivity index (χ1v) is 6.90. The number of hydrogen-bond donors (Lipinski definition) is 1. The molecule has 0 aliphatic carbocycles. The Labute approximate surface area is 119 Å². The number of nitrogens with one attached hydrogen (secondary N) is 1. The number of carbonyl (C=O) groups excluding carboxylic acids is 1. The van der Waals surface area contributed by atoms with Gasteiger partial charge in [-0.15, -0.1) is 0 Å². The molecule has 0 bridgehead atoms. The average Bonchev–Trinajstić information content (AvgIpc) is 2.85. The zero-order chi connectivity index (χ0) is 14.4. The van der Waals surface area contributed by atoms with Crippen molar-refractivity contribution in [1.29, 1.82) is 0 Å².